The van der Waals surface area contributed by atoms with Gasteiger partial charge < -0.3 is 10.1 Å². The zero-order chi connectivity index (χ0) is 14.5. The summed E-state index contributed by atoms with van der Waals surface area (Å²) in [4.78, 5) is 29.9. The van der Waals surface area contributed by atoms with Crippen molar-refractivity contribution >= 4 is 17.3 Å². The van der Waals surface area contributed by atoms with Gasteiger partial charge in [-0.15, -0.1) is 0 Å². The number of nitro benzene ring substituents is 1. The predicted octanol–water partition coefficient (Wildman–Crippen LogP) is 1.65. The maximum absolute atomic E-state index is 12.0. The topological polar surface area (TPSA) is 107 Å². The summed E-state index contributed by atoms with van der Waals surface area (Å²) in [6.07, 6.45) is 2.69. The smallest absolute Gasteiger partial charge is 0.316 e. The van der Waals surface area contributed by atoms with Crippen LogP contribution in [-0.4, -0.2) is 27.9 Å². The third kappa shape index (κ3) is 2.86. The van der Waals surface area contributed by atoms with Crippen LogP contribution in [0.5, 0.6) is 6.01 Å². The lowest BCUT2D eigenvalue weighted by Gasteiger charge is -2.05. The van der Waals surface area contributed by atoms with E-state index in [1.54, 1.807) is 6.07 Å². The van der Waals surface area contributed by atoms with Gasteiger partial charge in [-0.05, 0) is 6.07 Å². The normalized spacial score (nSPS) is 9.85. The highest BCUT2D eigenvalue weighted by atomic mass is 16.6. The molecule has 102 valence electrons. The van der Waals surface area contributed by atoms with E-state index >= 15 is 0 Å². The lowest BCUT2D eigenvalue weighted by Crippen LogP contribution is -2.14. The van der Waals surface area contributed by atoms with Gasteiger partial charge in [0.05, 0.1) is 30.1 Å². The number of nitrogens with zero attached hydrogens (tertiary/aromatic N) is 3. The van der Waals surface area contributed by atoms with Crippen molar-refractivity contribution in [3.8, 4) is 6.01 Å². The SMILES string of the molecule is COc1ncc(NC(=O)c2ccccc2[N+](=O)[O-])cn1. The second-order valence-corrected chi connectivity index (χ2v) is 3.69. The molecular formula is C12H10N4O4. The van der Waals surface area contributed by atoms with Crippen molar-refractivity contribution in [3.63, 3.8) is 0 Å². The van der Waals surface area contributed by atoms with Crippen LogP contribution in [0, 0.1) is 10.1 Å². The maximum Gasteiger partial charge on any atom is 0.316 e. The molecule has 2 rings (SSSR count). The molecule has 0 unspecified atom stereocenters. The van der Waals surface area contributed by atoms with E-state index in [-0.39, 0.29) is 17.3 Å². The molecule has 20 heavy (non-hydrogen) atoms. The van der Waals surface area contributed by atoms with Crippen molar-refractivity contribution in [1.82, 2.24) is 9.97 Å². The third-order valence-electron chi connectivity index (χ3n) is 2.41. The maximum atomic E-state index is 12.0. The predicted molar refractivity (Wildman–Crippen MR) is 69.6 cm³/mol. The molecular weight excluding hydrogens is 264 g/mol. The fourth-order valence-electron chi connectivity index (χ4n) is 1.51. The Morgan fingerprint density at radius 1 is 1.30 bits per heavy atom. The molecule has 8 heteroatoms. The molecule has 0 atom stereocenters. The number of carbonyl (C=O) groups excluding carboxylic acids is 1. The van der Waals surface area contributed by atoms with Crippen molar-refractivity contribution in [1.29, 1.82) is 0 Å². The lowest BCUT2D eigenvalue weighted by molar-refractivity contribution is -0.385. The number of nitrogens with one attached hydrogen (secondary N) is 1. The zero-order valence-electron chi connectivity index (χ0n) is 10.4. The van der Waals surface area contributed by atoms with E-state index in [0.717, 1.165) is 0 Å². The highest BCUT2D eigenvalue weighted by Gasteiger charge is 2.19. The molecule has 0 saturated carbocycles. The second-order valence-electron chi connectivity index (χ2n) is 3.69. The van der Waals surface area contributed by atoms with Gasteiger partial charge in [-0.3, -0.25) is 14.9 Å². The molecule has 1 aromatic carbocycles. The van der Waals surface area contributed by atoms with E-state index in [4.69, 9.17) is 4.74 Å². The van der Waals surface area contributed by atoms with Crippen molar-refractivity contribution in [2.75, 3.05) is 12.4 Å². The second kappa shape index (κ2) is 5.74. The number of methoxy groups -OCH3 is 1. The Balaban J connectivity index is 2.21. The first-order valence-electron chi connectivity index (χ1n) is 5.52. The number of ether oxygens (including phenoxy) is 1. The monoisotopic (exact) mass is 274 g/mol. The summed E-state index contributed by atoms with van der Waals surface area (Å²) in [6, 6.07) is 5.84. The minimum absolute atomic E-state index is 0.0340. The molecule has 0 spiro atoms. The van der Waals surface area contributed by atoms with Gasteiger partial charge in [0.25, 0.3) is 11.6 Å². The van der Waals surface area contributed by atoms with E-state index in [9.17, 15) is 14.9 Å². The number of anilines is 1. The lowest BCUT2D eigenvalue weighted by atomic mass is 10.1. The van der Waals surface area contributed by atoms with Gasteiger partial charge in [0.1, 0.15) is 5.56 Å². The van der Waals surface area contributed by atoms with Crippen LogP contribution in [-0.2, 0) is 0 Å². The van der Waals surface area contributed by atoms with Crippen molar-refractivity contribution < 1.29 is 14.5 Å². The minimum atomic E-state index is -0.612. The number of aromatic nitrogens is 2. The Morgan fingerprint density at radius 3 is 2.55 bits per heavy atom. The fourth-order valence-corrected chi connectivity index (χ4v) is 1.51. The van der Waals surface area contributed by atoms with E-state index in [1.165, 1.54) is 37.7 Å². The molecule has 0 radical (unpaired) electrons. The van der Waals surface area contributed by atoms with Gasteiger partial charge in [0.15, 0.2) is 0 Å². The minimum Gasteiger partial charge on any atom is -0.467 e. The summed E-state index contributed by atoms with van der Waals surface area (Å²) in [5.41, 5.74) is 0.0155. The number of nitro groups is 1. The van der Waals surface area contributed by atoms with Crippen LogP contribution < -0.4 is 10.1 Å². The van der Waals surface area contributed by atoms with E-state index in [0.29, 0.717) is 5.69 Å². The van der Waals surface area contributed by atoms with Crippen LogP contribution in [0.3, 0.4) is 0 Å². The quantitative estimate of drug-likeness (QED) is 0.670. The molecule has 1 N–H and O–H groups in total. The Labute approximate surface area is 113 Å². The van der Waals surface area contributed by atoms with Gasteiger partial charge in [-0.2, -0.15) is 0 Å². The van der Waals surface area contributed by atoms with Crippen molar-refractivity contribution in [2.45, 2.75) is 0 Å². The van der Waals surface area contributed by atoms with Crippen molar-refractivity contribution in [3.05, 3.63) is 52.3 Å². The summed E-state index contributed by atoms with van der Waals surface area (Å²) < 4.78 is 4.79. The number of amides is 1. The van der Waals surface area contributed by atoms with Gasteiger partial charge in [0.2, 0.25) is 0 Å². The summed E-state index contributed by atoms with van der Waals surface area (Å²) in [7, 11) is 1.42. The fraction of sp³-hybridized carbons (Fsp3) is 0.0833. The number of benzene rings is 1. The summed E-state index contributed by atoms with van der Waals surface area (Å²) in [6.45, 7) is 0. The number of carbonyl (C=O) groups is 1. The highest BCUT2D eigenvalue weighted by Crippen LogP contribution is 2.19. The molecule has 0 fully saturated rings. The third-order valence-corrected chi connectivity index (χ3v) is 2.41. The molecule has 0 saturated heterocycles. The Kier molecular flexibility index (Phi) is 3.85. The average Bonchev–Trinajstić information content (AvgIpc) is 2.48. The molecule has 2 aromatic rings. The van der Waals surface area contributed by atoms with Crippen LogP contribution in [0.2, 0.25) is 0 Å². The molecule has 0 aliphatic carbocycles. The number of rotatable bonds is 4. The first-order valence-corrected chi connectivity index (χ1v) is 5.52. The van der Waals surface area contributed by atoms with Gasteiger partial charge in [-0.25, -0.2) is 9.97 Å². The average molecular weight is 274 g/mol. The summed E-state index contributed by atoms with van der Waals surface area (Å²) in [5, 5.41) is 13.3. The first kappa shape index (κ1) is 13.4. The molecule has 1 heterocycles. The summed E-state index contributed by atoms with van der Waals surface area (Å²) >= 11 is 0. The molecule has 8 nitrogen and oxygen atoms in total. The van der Waals surface area contributed by atoms with Crippen LogP contribution in [0.1, 0.15) is 10.4 Å². The largest absolute Gasteiger partial charge is 0.467 e. The van der Waals surface area contributed by atoms with Crippen LogP contribution in [0.15, 0.2) is 36.7 Å². The number of hydrogen-bond acceptors (Lipinski definition) is 6. The van der Waals surface area contributed by atoms with Crippen molar-refractivity contribution in [2.24, 2.45) is 0 Å². The van der Waals surface area contributed by atoms with Crippen LogP contribution in [0.25, 0.3) is 0 Å². The molecule has 0 bridgehead atoms. The molecule has 1 aromatic heterocycles. The highest BCUT2D eigenvalue weighted by molar-refractivity contribution is 6.06. The molecule has 0 aliphatic heterocycles. The number of para-hydroxylation sites is 1. The molecule has 0 aliphatic rings. The van der Waals surface area contributed by atoms with E-state index in [1.807, 2.05) is 0 Å². The Bertz CT molecular complexity index is 642. The van der Waals surface area contributed by atoms with Gasteiger partial charge >= 0.3 is 6.01 Å². The Hall–Kier alpha value is -3.03. The standard InChI is InChI=1S/C12H10N4O4/c1-20-12-13-6-8(7-14-12)15-11(17)9-4-2-3-5-10(9)16(18)19/h2-7H,1H3,(H,15,17). The zero-order valence-corrected chi connectivity index (χ0v) is 10.4. The number of hydrogen-bond donors (Lipinski definition) is 1. The van der Waals surface area contributed by atoms with Gasteiger partial charge in [-0.1, -0.05) is 12.1 Å². The van der Waals surface area contributed by atoms with E-state index in [2.05, 4.69) is 15.3 Å². The van der Waals surface area contributed by atoms with Crippen LogP contribution >= 0.6 is 0 Å². The molecule has 1 amide bonds. The van der Waals surface area contributed by atoms with Crippen LogP contribution in [0.4, 0.5) is 11.4 Å². The van der Waals surface area contributed by atoms with E-state index < -0.39 is 10.8 Å². The Morgan fingerprint density at radius 2 is 1.95 bits per heavy atom. The first-order chi connectivity index (χ1) is 9.61. The van der Waals surface area contributed by atoms with Gasteiger partial charge in [0, 0.05) is 6.07 Å². The summed E-state index contributed by atoms with van der Waals surface area (Å²) in [5.74, 6) is -0.605.